The van der Waals surface area contributed by atoms with Crippen molar-refractivity contribution in [3.05, 3.63) is 34.9 Å². The number of fused-ring (bicyclic) bond motifs is 3. The van der Waals surface area contributed by atoms with Crippen molar-refractivity contribution in [1.29, 1.82) is 0 Å². The number of Topliss-reactive ketones (excluding diaryl/α,β-unsaturated/α-hetero) is 1. The smallest absolute Gasteiger partial charge is 0.191 e. The number of rotatable bonds is 2. The largest absolute Gasteiger partial charge is 0.385 e. The molecule has 1 N–H and O–H groups in total. The third kappa shape index (κ3) is 2.20. The number of aldehydes is 1. The van der Waals surface area contributed by atoms with Crippen LogP contribution in [0.1, 0.15) is 74.4 Å². The molecule has 1 saturated carbocycles. The van der Waals surface area contributed by atoms with Crippen molar-refractivity contribution in [1.82, 2.24) is 0 Å². The number of hydrogen-bond donors (Lipinski definition) is 1. The van der Waals surface area contributed by atoms with E-state index >= 15 is 0 Å². The first-order chi connectivity index (χ1) is 10.7. The van der Waals surface area contributed by atoms with E-state index in [1.165, 1.54) is 0 Å². The highest BCUT2D eigenvalue weighted by Crippen LogP contribution is 2.56. The molecule has 1 aromatic carbocycles. The Balaban J connectivity index is 2.22. The van der Waals surface area contributed by atoms with Gasteiger partial charge in [0.15, 0.2) is 5.78 Å². The SMILES string of the molecule is CC(C)c1ccc2c(c1)C(=O)C(O)[C@H]1[C@](C)(C=O)CCC[C@]21C. The average molecular weight is 314 g/mol. The van der Waals surface area contributed by atoms with Crippen LogP contribution < -0.4 is 0 Å². The molecule has 0 aliphatic heterocycles. The topological polar surface area (TPSA) is 54.4 Å². The van der Waals surface area contributed by atoms with Gasteiger partial charge in [-0.15, -0.1) is 0 Å². The number of carbonyl (C=O) groups is 2. The molecule has 23 heavy (non-hydrogen) atoms. The van der Waals surface area contributed by atoms with Crippen LogP contribution in [0.3, 0.4) is 0 Å². The third-order valence-corrected chi connectivity index (χ3v) is 6.25. The third-order valence-electron chi connectivity index (χ3n) is 6.25. The van der Waals surface area contributed by atoms with Crippen molar-refractivity contribution in [3.8, 4) is 0 Å². The molecule has 0 bridgehead atoms. The molecule has 4 atom stereocenters. The number of benzene rings is 1. The number of aliphatic hydroxyl groups is 1. The van der Waals surface area contributed by atoms with Crippen molar-refractivity contribution in [2.24, 2.45) is 11.3 Å². The minimum absolute atomic E-state index is 0.222. The summed E-state index contributed by atoms with van der Waals surface area (Å²) in [5.74, 6) is -0.228. The molecule has 2 aliphatic rings. The number of aliphatic hydroxyl groups excluding tert-OH is 1. The van der Waals surface area contributed by atoms with Crippen LogP contribution in [0.4, 0.5) is 0 Å². The first-order valence-corrected chi connectivity index (χ1v) is 8.57. The lowest BCUT2D eigenvalue weighted by molar-refractivity contribution is -0.127. The highest BCUT2D eigenvalue weighted by Gasteiger charge is 2.58. The summed E-state index contributed by atoms with van der Waals surface area (Å²) < 4.78 is 0. The number of ketones is 1. The van der Waals surface area contributed by atoms with Gasteiger partial charge in [0.25, 0.3) is 0 Å². The standard InChI is InChI=1S/C20H26O3/c1-12(2)13-6-7-15-14(10-13)16(22)17(23)18-19(3,11-21)8-5-9-20(15,18)4/h6-7,10-12,17-18,23H,5,8-9H2,1-4H3/t17?,18-,19-,20+/m0/s1. The number of carbonyl (C=O) groups excluding carboxylic acids is 2. The molecule has 2 aliphatic carbocycles. The molecule has 3 nitrogen and oxygen atoms in total. The van der Waals surface area contributed by atoms with Gasteiger partial charge in [-0.2, -0.15) is 0 Å². The predicted molar refractivity (Wildman–Crippen MR) is 89.7 cm³/mol. The van der Waals surface area contributed by atoms with E-state index in [0.29, 0.717) is 11.5 Å². The van der Waals surface area contributed by atoms with Crippen LogP contribution >= 0.6 is 0 Å². The van der Waals surface area contributed by atoms with E-state index in [9.17, 15) is 14.7 Å². The fraction of sp³-hybridized carbons (Fsp3) is 0.600. The Morgan fingerprint density at radius 1 is 1.26 bits per heavy atom. The minimum Gasteiger partial charge on any atom is -0.385 e. The molecule has 0 aromatic heterocycles. The van der Waals surface area contributed by atoms with Crippen LogP contribution in [0, 0.1) is 11.3 Å². The van der Waals surface area contributed by atoms with Gasteiger partial charge in [0.1, 0.15) is 12.4 Å². The molecule has 1 fully saturated rings. The molecule has 0 heterocycles. The Kier molecular flexibility index (Phi) is 3.75. The second kappa shape index (κ2) is 5.27. The molecule has 1 aromatic rings. The lowest BCUT2D eigenvalue weighted by Gasteiger charge is -2.54. The quantitative estimate of drug-likeness (QED) is 0.848. The summed E-state index contributed by atoms with van der Waals surface area (Å²) in [5, 5.41) is 10.8. The Labute approximate surface area is 138 Å². The van der Waals surface area contributed by atoms with Gasteiger partial charge >= 0.3 is 0 Å². The zero-order valence-corrected chi connectivity index (χ0v) is 14.4. The summed E-state index contributed by atoms with van der Waals surface area (Å²) in [6.07, 6.45) is 2.44. The maximum Gasteiger partial charge on any atom is 0.191 e. The van der Waals surface area contributed by atoms with Gasteiger partial charge in [-0.05, 0) is 41.4 Å². The predicted octanol–water partition coefficient (Wildman–Crippen LogP) is 3.63. The van der Waals surface area contributed by atoms with E-state index < -0.39 is 11.5 Å². The number of hydrogen-bond acceptors (Lipinski definition) is 3. The van der Waals surface area contributed by atoms with E-state index in [0.717, 1.165) is 36.7 Å². The summed E-state index contributed by atoms with van der Waals surface area (Å²) >= 11 is 0. The molecule has 0 saturated heterocycles. The van der Waals surface area contributed by atoms with Gasteiger partial charge in [-0.25, -0.2) is 0 Å². The van der Waals surface area contributed by atoms with Crippen LogP contribution in [0.5, 0.6) is 0 Å². The fourth-order valence-electron chi connectivity index (χ4n) is 4.95. The van der Waals surface area contributed by atoms with E-state index in [4.69, 9.17) is 0 Å². The molecule has 1 unspecified atom stereocenters. The van der Waals surface area contributed by atoms with E-state index in [1.54, 1.807) is 0 Å². The zero-order chi connectivity index (χ0) is 17.0. The summed E-state index contributed by atoms with van der Waals surface area (Å²) in [6, 6.07) is 6.08. The van der Waals surface area contributed by atoms with Gasteiger partial charge in [0, 0.05) is 16.9 Å². The molecule has 0 spiro atoms. The minimum atomic E-state index is -1.09. The first kappa shape index (κ1) is 16.4. The van der Waals surface area contributed by atoms with E-state index in [1.807, 2.05) is 13.0 Å². The average Bonchev–Trinajstić information content (AvgIpc) is 2.52. The van der Waals surface area contributed by atoms with Crippen molar-refractivity contribution in [3.63, 3.8) is 0 Å². The van der Waals surface area contributed by atoms with Gasteiger partial charge < -0.3 is 9.90 Å². The molecular weight excluding hydrogens is 288 g/mol. The van der Waals surface area contributed by atoms with Crippen molar-refractivity contribution >= 4 is 12.1 Å². The molecule has 0 radical (unpaired) electrons. The summed E-state index contributed by atoms with van der Waals surface area (Å²) in [5.41, 5.74) is 1.80. The van der Waals surface area contributed by atoms with Crippen LogP contribution in [-0.4, -0.2) is 23.3 Å². The van der Waals surface area contributed by atoms with Crippen molar-refractivity contribution in [2.45, 2.75) is 64.4 Å². The Bertz CT molecular complexity index is 663. The Hall–Kier alpha value is -1.48. The Morgan fingerprint density at radius 3 is 2.57 bits per heavy atom. The lowest BCUT2D eigenvalue weighted by atomic mass is 9.49. The monoisotopic (exact) mass is 314 g/mol. The second-order valence-corrected chi connectivity index (χ2v) is 8.14. The molecular formula is C20H26O3. The van der Waals surface area contributed by atoms with Crippen LogP contribution in [0.25, 0.3) is 0 Å². The van der Waals surface area contributed by atoms with Crippen LogP contribution in [0.2, 0.25) is 0 Å². The summed E-state index contributed by atoms with van der Waals surface area (Å²) in [4.78, 5) is 24.6. The molecule has 3 rings (SSSR count). The van der Waals surface area contributed by atoms with Crippen molar-refractivity contribution < 1.29 is 14.7 Å². The Morgan fingerprint density at radius 2 is 1.96 bits per heavy atom. The van der Waals surface area contributed by atoms with Crippen LogP contribution in [-0.2, 0) is 10.2 Å². The van der Waals surface area contributed by atoms with E-state index in [2.05, 4.69) is 32.9 Å². The normalized spacial score (nSPS) is 36.5. The van der Waals surface area contributed by atoms with Gasteiger partial charge in [0.2, 0.25) is 0 Å². The zero-order valence-electron chi connectivity index (χ0n) is 14.4. The first-order valence-electron chi connectivity index (χ1n) is 8.57. The summed E-state index contributed by atoms with van der Waals surface area (Å²) in [6.45, 7) is 8.20. The maximum atomic E-state index is 12.8. The van der Waals surface area contributed by atoms with Gasteiger partial charge in [-0.1, -0.05) is 46.2 Å². The molecule has 124 valence electrons. The van der Waals surface area contributed by atoms with E-state index in [-0.39, 0.29) is 17.1 Å². The lowest BCUT2D eigenvalue weighted by Crippen LogP contribution is -2.58. The second-order valence-electron chi connectivity index (χ2n) is 8.14. The molecule has 3 heteroatoms. The maximum absolute atomic E-state index is 12.8. The fourth-order valence-corrected chi connectivity index (χ4v) is 4.95. The van der Waals surface area contributed by atoms with Gasteiger partial charge in [-0.3, -0.25) is 4.79 Å². The van der Waals surface area contributed by atoms with Gasteiger partial charge in [0.05, 0.1) is 0 Å². The highest BCUT2D eigenvalue weighted by molar-refractivity contribution is 6.03. The van der Waals surface area contributed by atoms with Crippen molar-refractivity contribution in [2.75, 3.05) is 0 Å². The highest BCUT2D eigenvalue weighted by atomic mass is 16.3. The summed E-state index contributed by atoms with van der Waals surface area (Å²) in [7, 11) is 0. The van der Waals surface area contributed by atoms with Crippen LogP contribution in [0.15, 0.2) is 18.2 Å². The molecule has 0 amide bonds.